The molecule has 2 aromatic carbocycles. The number of allylic oxidation sites excluding steroid dienone is 1. The second kappa shape index (κ2) is 7.03. The van der Waals surface area contributed by atoms with Crippen LogP contribution >= 0.6 is 0 Å². The summed E-state index contributed by atoms with van der Waals surface area (Å²) in [6, 6.07) is 15.3. The highest BCUT2D eigenvalue weighted by molar-refractivity contribution is 5.94. The van der Waals surface area contributed by atoms with Crippen LogP contribution in [0.25, 0.3) is 11.0 Å². The summed E-state index contributed by atoms with van der Waals surface area (Å²) in [5.41, 5.74) is 4.04. The molecule has 3 aromatic rings. The minimum atomic E-state index is -0.370. The first-order chi connectivity index (χ1) is 13.5. The number of carbonyl (C=O) groups is 1. The van der Waals surface area contributed by atoms with E-state index in [1.807, 2.05) is 73.9 Å². The Hall–Kier alpha value is -3.28. The molecule has 6 nitrogen and oxygen atoms in total. The SMILES string of the molecule is COc1cccc(C2C(C(=O)OC(C)C)=C(C)Nc3nc4ccccc4n32)c1. The van der Waals surface area contributed by atoms with Gasteiger partial charge < -0.3 is 14.8 Å². The lowest BCUT2D eigenvalue weighted by Gasteiger charge is -2.30. The van der Waals surface area contributed by atoms with Gasteiger partial charge in [-0.15, -0.1) is 0 Å². The molecule has 2 heterocycles. The maximum Gasteiger partial charge on any atom is 0.338 e. The van der Waals surface area contributed by atoms with Gasteiger partial charge in [-0.2, -0.15) is 0 Å². The number of imidazole rings is 1. The molecule has 0 saturated carbocycles. The number of aromatic nitrogens is 2. The predicted molar refractivity (Wildman–Crippen MR) is 108 cm³/mol. The highest BCUT2D eigenvalue weighted by Crippen LogP contribution is 2.40. The lowest BCUT2D eigenvalue weighted by Crippen LogP contribution is -2.30. The van der Waals surface area contributed by atoms with Crippen molar-refractivity contribution < 1.29 is 14.3 Å². The van der Waals surface area contributed by atoms with Crippen LogP contribution in [0.15, 0.2) is 59.8 Å². The molecule has 6 heteroatoms. The molecule has 1 aliphatic heterocycles. The fraction of sp³-hybridized carbons (Fsp3) is 0.273. The largest absolute Gasteiger partial charge is 0.497 e. The smallest absolute Gasteiger partial charge is 0.338 e. The van der Waals surface area contributed by atoms with Crippen LogP contribution in [0.4, 0.5) is 5.95 Å². The third-order valence-corrected chi connectivity index (χ3v) is 4.80. The second-order valence-corrected chi connectivity index (χ2v) is 7.09. The topological polar surface area (TPSA) is 65.4 Å². The number of para-hydroxylation sites is 2. The lowest BCUT2D eigenvalue weighted by molar-refractivity contribution is -0.143. The third-order valence-electron chi connectivity index (χ3n) is 4.80. The van der Waals surface area contributed by atoms with E-state index in [0.29, 0.717) is 11.5 Å². The van der Waals surface area contributed by atoms with E-state index >= 15 is 0 Å². The molecule has 1 aliphatic rings. The van der Waals surface area contributed by atoms with Gasteiger partial charge in [0.25, 0.3) is 0 Å². The van der Waals surface area contributed by atoms with Crippen LogP contribution < -0.4 is 10.1 Å². The first kappa shape index (κ1) is 18.1. The molecule has 1 N–H and O–H groups in total. The van der Waals surface area contributed by atoms with Crippen LogP contribution in [0.5, 0.6) is 5.75 Å². The number of hydrogen-bond acceptors (Lipinski definition) is 5. The summed E-state index contributed by atoms with van der Waals surface area (Å²) in [7, 11) is 1.63. The van der Waals surface area contributed by atoms with Gasteiger partial charge in [0, 0.05) is 5.70 Å². The van der Waals surface area contributed by atoms with Gasteiger partial charge in [0.1, 0.15) is 5.75 Å². The highest BCUT2D eigenvalue weighted by atomic mass is 16.5. The van der Waals surface area contributed by atoms with Crippen molar-refractivity contribution in [3.8, 4) is 5.75 Å². The van der Waals surface area contributed by atoms with Crippen molar-refractivity contribution in [1.82, 2.24) is 9.55 Å². The van der Waals surface area contributed by atoms with E-state index in [9.17, 15) is 4.79 Å². The fourth-order valence-electron chi connectivity index (χ4n) is 3.63. The number of carbonyl (C=O) groups excluding carboxylic acids is 1. The molecule has 0 aliphatic carbocycles. The van der Waals surface area contributed by atoms with E-state index in [4.69, 9.17) is 14.5 Å². The number of nitrogens with one attached hydrogen (secondary N) is 1. The van der Waals surface area contributed by atoms with Crippen molar-refractivity contribution in [1.29, 1.82) is 0 Å². The summed E-state index contributed by atoms with van der Waals surface area (Å²) in [6.07, 6.45) is -0.209. The van der Waals surface area contributed by atoms with Crippen molar-refractivity contribution in [3.63, 3.8) is 0 Å². The van der Waals surface area contributed by atoms with Crippen molar-refractivity contribution in [2.75, 3.05) is 12.4 Å². The zero-order valence-corrected chi connectivity index (χ0v) is 16.4. The Balaban J connectivity index is 1.96. The standard InChI is InChI=1S/C22H23N3O3/c1-13(2)28-21(26)19-14(3)23-22-24-17-10-5-6-11-18(17)25(22)20(19)15-8-7-9-16(12-15)27-4/h5-13,20H,1-4H3,(H,23,24). The van der Waals surface area contributed by atoms with Crippen molar-refractivity contribution in [3.05, 3.63) is 65.4 Å². The number of ether oxygens (including phenoxy) is 2. The summed E-state index contributed by atoms with van der Waals surface area (Å²) in [6.45, 7) is 5.58. The molecule has 0 radical (unpaired) electrons. The maximum atomic E-state index is 13.0. The Morgan fingerprint density at radius 3 is 2.71 bits per heavy atom. The molecule has 0 spiro atoms. The predicted octanol–water partition coefficient (Wildman–Crippen LogP) is 4.29. The van der Waals surface area contributed by atoms with Gasteiger partial charge >= 0.3 is 5.97 Å². The van der Waals surface area contributed by atoms with Gasteiger partial charge in [0.2, 0.25) is 5.95 Å². The van der Waals surface area contributed by atoms with Gasteiger partial charge in [-0.1, -0.05) is 24.3 Å². The van der Waals surface area contributed by atoms with Crippen molar-refractivity contribution >= 4 is 23.0 Å². The third kappa shape index (κ3) is 3.01. The second-order valence-electron chi connectivity index (χ2n) is 7.09. The van der Waals surface area contributed by atoms with Gasteiger partial charge in [-0.05, 0) is 50.6 Å². The van der Waals surface area contributed by atoms with Gasteiger partial charge in [0.15, 0.2) is 0 Å². The van der Waals surface area contributed by atoms with Crippen LogP contribution in [0.2, 0.25) is 0 Å². The molecule has 0 fully saturated rings. The van der Waals surface area contributed by atoms with E-state index < -0.39 is 0 Å². The average Bonchev–Trinajstić information content (AvgIpc) is 3.04. The number of anilines is 1. The Morgan fingerprint density at radius 2 is 1.96 bits per heavy atom. The fourth-order valence-corrected chi connectivity index (χ4v) is 3.63. The zero-order chi connectivity index (χ0) is 19.8. The molecule has 144 valence electrons. The molecule has 0 saturated heterocycles. The molecule has 0 amide bonds. The number of benzene rings is 2. The number of hydrogen-bond donors (Lipinski definition) is 1. The highest BCUT2D eigenvalue weighted by Gasteiger charge is 2.35. The van der Waals surface area contributed by atoms with Crippen LogP contribution in [-0.2, 0) is 9.53 Å². The Kier molecular flexibility index (Phi) is 4.55. The number of esters is 1. The summed E-state index contributed by atoms with van der Waals surface area (Å²) in [5.74, 6) is 1.10. The van der Waals surface area contributed by atoms with Crippen LogP contribution in [0.3, 0.4) is 0 Å². The molecular weight excluding hydrogens is 354 g/mol. The molecule has 4 rings (SSSR count). The quantitative estimate of drug-likeness (QED) is 0.687. The number of methoxy groups -OCH3 is 1. The Morgan fingerprint density at radius 1 is 1.18 bits per heavy atom. The summed E-state index contributed by atoms with van der Waals surface area (Å²) >= 11 is 0. The minimum absolute atomic E-state index is 0.209. The summed E-state index contributed by atoms with van der Waals surface area (Å²) < 4.78 is 13.0. The van der Waals surface area contributed by atoms with E-state index in [2.05, 4.69) is 5.32 Å². The van der Waals surface area contributed by atoms with E-state index in [1.54, 1.807) is 7.11 Å². The van der Waals surface area contributed by atoms with E-state index in [-0.39, 0.29) is 18.1 Å². The zero-order valence-electron chi connectivity index (χ0n) is 16.4. The van der Waals surface area contributed by atoms with Crippen LogP contribution in [0, 0.1) is 0 Å². The normalized spacial score (nSPS) is 16.1. The molecule has 1 aromatic heterocycles. The van der Waals surface area contributed by atoms with Crippen molar-refractivity contribution in [2.45, 2.75) is 32.9 Å². The van der Waals surface area contributed by atoms with Crippen LogP contribution in [0.1, 0.15) is 32.4 Å². The molecular formula is C22H23N3O3. The number of fused-ring (bicyclic) bond motifs is 3. The number of rotatable bonds is 4. The first-order valence-electron chi connectivity index (χ1n) is 9.29. The average molecular weight is 377 g/mol. The molecule has 1 atom stereocenters. The van der Waals surface area contributed by atoms with Crippen molar-refractivity contribution in [2.24, 2.45) is 0 Å². The first-order valence-corrected chi connectivity index (χ1v) is 9.29. The lowest BCUT2D eigenvalue weighted by atomic mass is 9.95. The summed E-state index contributed by atoms with van der Waals surface area (Å²) in [5, 5.41) is 3.28. The minimum Gasteiger partial charge on any atom is -0.497 e. The molecule has 0 bridgehead atoms. The van der Waals surface area contributed by atoms with Gasteiger partial charge in [-0.25, -0.2) is 9.78 Å². The van der Waals surface area contributed by atoms with E-state index in [0.717, 1.165) is 28.0 Å². The van der Waals surface area contributed by atoms with E-state index in [1.165, 1.54) is 0 Å². The van der Waals surface area contributed by atoms with Crippen LogP contribution in [-0.4, -0.2) is 28.7 Å². The monoisotopic (exact) mass is 377 g/mol. The Labute approximate surface area is 163 Å². The van der Waals surface area contributed by atoms with Gasteiger partial charge in [0.05, 0.1) is 35.9 Å². The molecule has 28 heavy (non-hydrogen) atoms. The summed E-state index contributed by atoms with van der Waals surface area (Å²) in [4.78, 5) is 17.8. The molecule has 1 unspecified atom stereocenters. The Bertz CT molecular complexity index is 1080. The maximum absolute atomic E-state index is 13.0. The van der Waals surface area contributed by atoms with Gasteiger partial charge in [-0.3, -0.25) is 4.57 Å². The number of nitrogens with zero attached hydrogens (tertiary/aromatic N) is 2.